The number of carbonyl (C=O) groups is 2. The van der Waals surface area contributed by atoms with Gasteiger partial charge in [-0.2, -0.15) is 0 Å². The molecule has 1 aromatic rings. The molecule has 1 unspecified atom stereocenters. The van der Waals surface area contributed by atoms with Crippen molar-refractivity contribution in [2.24, 2.45) is 5.92 Å². The van der Waals surface area contributed by atoms with Crippen molar-refractivity contribution in [1.82, 2.24) is 0 Å². The van der Waals surface area contributed by atoms with Gasteiger partial charge in [0.1, 0.15) is 5.78 Å². The molecule has 1 rings (SSSR count). The highest BCUT2D eigenvalue weighted by molar-refractivity contribution is 6.60. The molecule has 1 heterocycles. The lowest BCUT2D eigenvalue weighted by Crippen LogP contribution is -2.46. The maximum absolute atomic E-state index is 12.4. The summed E-state index contributed by atoms with van der Waals surface area (Å²) in [6.07, 6.45) is 2.47. The van der Waals surface area contributed by atoms with Crippen LogP contribution < -0.4 is 0 Å². The lowest BCUT2D eigenvalue weighted by molar-refractivity contribution is -0.119. The Morgan fingerprint density at radius 1 is 1.12 bits per heavy atom. The zero-order valence-corrected chi connectivity index (χ0v) is 16.0. The van der Waals surface area contributed by atoms with Crippen molar-refractivity contribution in [1.29, 1.82) is 0 Å². The summed E-state index contributed by atoms with van der Waals surface area (Å²) in [6.45, 7) is 8.66. The van der Waals surface area contributed by atoms with Crippen LogP contribution in [0.5, 0.6) is 0 Å². The van der Waals surface area contributed by atoms with E-state index in [0.717, 1.165) is 0 Å². The molecule has 0 aliphatic heterocycles. The highest BCUT2D eigenvalue weighted by Gasteiger charge is 2.40. The number of hydrogen-bond acceptors (Lipinski definition) is 6. The first kappa shape index (κ1) is 20.8. The maximum Gasteiger partial charge on any atom is 0.500 e. The van der Waals surface area contributed by atoms with Crippen LogP contribution in [-0.4, -0.2) is 40.2 Å². The molecule has 1 aromatic heterocycles. The van der Waals surface area contributed by atoms with E-state index < -0.39 is 14.7 Å². The molecular formula is C17H28O6Si. The number of furan rings is 1. The summed E-state index contributed by atoms with van der Waals surface area (Å²) in [5.41, 5.74) is 0. The molecular weight excluding hydrogens is 328 g/mol. The number of carbonyl (C=O) groups excluding carboxylic acids is 2. The van der Waals surface area contributed by atoms with Crippen molar-refractivity contribution >= 4 is 20.4 Å². The molecule has 24 heavy (non-hydrogen) atoms. The van der Waals surface area contributed by atoms with Gasteiger partial charge in [0, 0.05) is 25.9 Å². The fourth-order valence-electron chi connectivity index (χ4n) is 2.63. The van der Waals surface area contributed by atoms with Crippen molar-refractivity contribution in [3.8, 4) is 0 Å². The van der Waals surface area contributed by atoms with Gasteiger partial charge < -0.3 is 17.7 Å². The van der Waals surface area contributed by atoms with Crippen LogP contribution in [0.25, 0.3) is 0 Å². The smallest absolute Gasteiger partial charge is 0.461 e. The molecule has 136 valence electrons. The molecule has 1 atom stereocenters. The molecule has 7 heteroatoms. The van der Waals surface area contributed by atoms with Crippen LogP contribution in [0.4, 0.5) is 0 Å². The average Bonchev–Trinajstić information content (AvgIpc) is 3.06. The van der Waals surface area contributed by atoms with Crippen LogP contribution in [0.2, 0.25) is 6.04 Å². The predicted molar refractivity (Wildman–Crippen MR) is 91.9 cm³/mol. The molecule has 6 nitrogen and oxygen atoms in total. The van der Waals surface area contributed by atoms with Crippen LogP contribution in [0, 0.1) is 5.92 Å². The van der Waals surface area contributed by atoms with Gasteiger partial charge in [-0.15, -0.1) is 0 Å². The van der Waals surface area contributed by atoms with Crippen LogP contribution in [-0.2, 0) is 18.1 Å². The zero-order chi connectivity index (χ0) is 18.0. The van der Waals surface area contributed by atoms with E-state index in [9.17, 15) is 9.59 Å². The summed E-state index contributed by atoms with van der Waals surface area (Å²) >= 11 is 0. The Morgan fingerprint density at radius 3 is 2.12 bits per heavy atom. The predicted octanol–water partition coefficient (Wildman–Crippen LogP) is 3.50. The monoisotopic (exact) mass is 356 g/mol. The van der Waals surface area contributed by atoms with E-state index in [1.54, 1.807) is 12.1 Å². The summed E-state index contributed by atoms with van der Waals surface area (Å²) in [4.78, 5) is 24.3. The Bertz CT molecular complexity index is 482. The van der Waals surface area contributed by atoms with Crippen LogP contribution >= 0.6 is 0 Å². The minimum absolute atomic E-state index is 0.159. The van der Waals surface area contributed by atoms with Crippen molar-refractivity contribution in [2.45, 2.75) is 46.6 Å². The highest BCUT2D eigenvalue weighted by Crippen LogP contribution is 2.23. The topological polar surface area (TPSA) is 75.0 Å². The fourth-order valence-corrected chi connectivity index (χ4v) is 5.27. The van der Waals surface area contributed by atoms with Crippen LogP contribution in [0.3, 0.4) is 0 Å². The number of ketones is 2. The zero-order valence-electron chi connectivity index (χ0n) is 15.0. The van der Waals surface area contributed by atoms with Crippen molar-refractivity contribution in [3.63, 3.8) is 0 Å². The molecule has 0 aromatic carbocycles. The molecule has 0 N–H and O–H groups in total. The summed E-state index contributed by atoms with van der Waals surface area (Å²) in [5, 5.41) is 0. The van der Waals surface area contributed by atoms with E-state index in [4.69, 9.17) is 17.7 Å². The standard InChI is InChI=1S/C17H28O6Si/c1-5-21-24(22-6-2,23-7-3)13-9-10-15(14(4)18)17(19)16-11-8-12-20-16/h8,11-12,15H,5-7,9-10,13H2,1-4H3. The Balaban J connectivity index is 2.71. The summed E-state index contributed by atoms with van der Waals surface area (Å²) in [5.74, 6) is -0.914. The molecule has 0 aliphatic rings. The Morgan fingerprint density at radius 2 is 1.71 bits per heavy atom. The number of Topliss-reactive ketones (excluding diaryl/α,β-unsaturated/α-hetero) is 2. The second-order valence-electron chi connectivity index (χ2n) is 5.38. The molecule has 0 saturated carbocycles. The van der Waals surface area contributed by atoms with Crippen molar-refractivity contribution in [2.75, 3.05) is 19.8 Å². The largest absolute Gasteiger partial charge is 0.500 e. The van der Waals surface area contributed by atoms with E-state index in [1.165, 1.54) is 13.2 Å². The van der Waals surface area contributed by atoms with E-state index in [1.807, 2.05) is 20.8 Å². The molecule has 0 bridgehead atoms. The minimum atomic E-state index is -2.74. The molecule has 0 saturated heterocycles. The first-order valence-electron chi connectivity index (χ1n) is 8.49. The Labute approximate surface area is 144 Å². The van der Waals surface area contributed by atoms with Gasteiger partial charge in [0.05, 0.1) is 12.2 Å². The average molecular weight is 356 g/mol. The SMILES string of the molecule is CCO[Si](CCCC(C(C)=O)C(=O)c1ccco1)(OCC)OCC. The molecule has 0 aliphatic carbocycles. The van der Waals surface area contributed by atoms with Crippen LogP contribution in [0.15, 0.2) is 22.8 Å². The van der Waals surface area contributed by atoms with E-state index in [-0.39, 0.29) is 17.3 Å². The van der Waals surface area contributed by atoms with Gasteiger partial charge in [-0.05, 0) is 52.7 Å². The number of hydrogen-bond donors (Lipinski definition) is 0. The van der Waals surface area contributed by atoms with E-state index in [0.29, 0.717) is 38.7 Å². The van der Waals surface area contributed by atoms with E-state index in [2.05, 4.69) is 0 Å². The van der Waals surface area contributed by atoms with Gasteiger partial charge in [0.15, 0.2) is 5.76 Å². The summed E-state index contributed by atoms with van der Waals surface area (Å²) in [6, 6.07) is 3.80. The Hall–Kier alpha value is -1.28. The normalized spacial score (nSPS) is 13.0. The molecule has 0 spiro atoms. The Kier molecular flexibility index (Phi) is 9.13. The first-order chi connectivity index (χ1) is 11.5. The maximum atomic E-state index is 12.4. The summed E-state index contributed by atoms with van der Waals surface area (Å²) in [7, 11) is -2.74. The third-order valence-corrected chi connectivity index (χ3v) is 6.79. The second-order valence-corrected chi connectivity index (χ2v) is 8.11. The van der Waals surface area contributed by atoms with Gasteiger partial charge in [0.25, 0.3) is 0 Å². The third kappa shape index (κ3) is 5.97. The van der Waals surface area contributed by atoms with Gasteiger partial charge in [-0.3, -0.25) is 9.59 Å². The highest BCUT2D eigenvalue weighted by atomic mass is 28.4. The minimum Gasteiger partial charge on any atom is -0.461 e. The molecule has 0 amide bonds. The fraction of sp³-hybridized carbons (Fsp3) is 0.647. The number of rotatable bonds is 13. The van der Waals surface area contributed by atoms with Gasteiger partial charge in [0.2, 0.25) is 5.78 Å². The van der Waals surface area contributed by atoms with Gasteiger partial charge >= 0.3 is 8.80 Å². The lowest BCUT2D eigenvalue weighted by atomic mass is 9.93. The van der Waals surface area contributed by atoms with Crippen LogP contribution in [0.1, 0.15) is 51.1 Å². The second kappa shape index (κ2) is 10.6. The quantitative estimate of drug-likeness (QED) is 0.306. The first-order valence-corrected chi connectivity index (χ1v) is 10.4. The van der Waals surface area contributed by atoms with Crippen molar-refractivity contribution < 1.29 is 27.3 Å². The lowest BCUT2D eigenvalue weighted by Gasteiger charge is -2.28. The summed E-state index contributed by atoms with van der Waals surface area (Å²) < 4.78 is 22.5. The van der Waals surface area contributed by atoms with Gasteiger partial charge in [-0.1, -0.05) is 0 Å². The van der Waals surface area contributed by atoms with E-state index >= 15 is 0 Å². The van der Waals surface area contributed by atoms with Gasteiger partial charge in [-0.25, -0.2) is 0 Å². The van der Waals surface area contributed by atoms with Crippen molar-refractivity contribution in [3.05, 3.63) is 24.2 Å². The molecule has 0 radical (unpaired) electrons. The third-order valence-electron chi connectivity index (χ3n) is 3.64. The molecule has 0 fully saturated rings.